The standard InChI is InChI=1S/C31H26N2O2/c1-19-20(2)32-21(3)33-31(19)25-6-4-22(5-7-25)26-16-27(23-8-12-29(34)13-9-23)18-28(17-26)24-10-14-30(35)15-11-24/h4-18,34-35H,1-3H3. The summed E-state index contributed by atoms with van der Waals surface area (Å²) in [4.78, 5) is 9.15. The van der Waals surface area contributed by atoms with Gasteiger partial charge in [-0.2, -0.15) is 0 Å². The Morgan fingerprint density at radius 1 is 0.457 bits per heavy atom. The van der Waals surface area contributed by atoms with Crippen molar-refractivity contribution in [2.24, 2.45) is 0 Å². The van der Waals surface area contributed by atoms with Crippen LogP contribution in [0.3, 0.4) is 0 Å². The number of nitrogens with zero attached hydrogens (tertiary/aromatic N) is 2. The summed E-state index contributed by atoms with van der Waals surface area (Å²) in [6.07, 6.45) is 0. The van der Waals surface area contributed by atoms with Gasteiger partial charge in [-0.25, -0.2) is 9.97 Å². The molecule has 4 aromatic carbocycles. The molecule has 0 aliphatic rings. The van der Waals surface area contributed by atoms with Crippen molar-refractivity contribution >= 4 is 0 Å². The average molecular weight is 459 g/mol. The Balaban J connectivity index is 1.61. The molecule has 0 aliphatic carbocycles. The van der Waals surface area contributed by atoms with Crippen molar-refractivity contribution in [2.75, 3.05) is 0 Å². The highest BCUT2D eigenvalue weighted by Crippen LogP contribution is 2.35. The van der Waals surface area contributed by atoms with Crippen LogP contribution in [0.4, 0.5) is 0 Å². The van der Waals surface area contributed by atoms with Gasteiger partial charge in [-0.15, -0.1) is 0 Å². The van der Waals surface area contributed by atoms with Gasteiger partial charge >= 0.3 is 0 Å². The van der Waals surface area contributed by atoms with Crippen LogP contribution in [0.5, 0.6) is 11.5 Å². The Morgan fingerprint density at radius 3 is 1.26 bits per heavy atom. The Kier molecular flexibility index (Phi) is 5.79. The first-order chi connectivity index (χ1) is 16.9. The molecule has 0 saturated heterocycles. The maximum absolute atomic E-state index is 9.74. The fraction of sp³-hybridized carbons (Fsp3) is 0.0968. The van der Waals surface area contributed by atoms with E-state index in [9.17, 15) is 10.2 Å². The van der Waals surface area contributed by atoms with Gasteiger partial charge < -0.3 is 10.2 Å². The highest BCUT2D eigenvalue weighted by atomic mass is 16.3. The predicted molar refractivity (Wildman–Crippen MR) is 141 cm³/mol. The minimum absolute atomic E-state index is 0.240. The molecular weight excluding hydrogens is 432 g/mol. The number of aromatic nitrogens is 2. The van der Waals surface area contributed by atoms with E-state index in [0.717, 1.165) is 61.7 Å². The summed E-state index contributed by atoms with van der Waals surface area (Å²) in [6.45, 7) is 5.99. The summed E-state index contributed by atoms with van der Waals surface area (Å²) in [5.41, 5.74) is 10.4. The van der Waals surface area contributed by atoms with E-state index >= 15 is 0 Å². The molecule has 0 atom stereocenters. The number of benzene rings is 4. The summed E-state index contributed by atoms with van der Waals surface area (Å²) in [7, 11) is 0. The molecule has 2 N–H and O–H groups in total. The van der Waals surface area contributed by atoms with Crippen molar-refractivity contribution in [3.8, 4) is 56.1 Å². The Hall–Kier alpha value is -4.44. The largest absolute Gasteiger partial charge is 0.508 e. The molecule has 5 aromatic rings. The number of hydrogen-bond donors (Lipinski definition) is 2. The van der Waals surface area contributed by atoms with Gasteiger partial charge in [0.25, 0.3) is 0 Å². The lowest BCUT2D eigenvalue weighted by atomic mass is 9.92. The molecule has 0 radical (unpaired) electrons. The average Bonchev–Trinajstić information content (AvgIpc) is 2.87. The normalized spacial score (nSPS) is 10.9. The number of hydrogen-bond acceptors (Lipinski definition) is 4. The predicted octanol–water partition coefficient (Wildman–Crippen LogP) is 7.48. The lowest BCUT2D eigenvalue weighted by molar-refractivity contribution is 0.475. The van der Waals surface area contributed by atoms with E-state index in [0.29, 0.717) is 0 Å². The molecule has 35 heavy (non-hydrogen) atoms. The van der Waals surface area contributed by atoms with Crippen LogP contribution in [-0.4, -0.2) is 20.2 Å². The molecule has 0 saturated carbocycles. The van der Waals surface area contributed by atoms with Crippen molar-refractivity contribution < 1.29 is 10.2 Å². The minimum Gasteiger partial charge on any atom is -0.508 e. The lowest BCUT2D eigenvalue weighted by Crippen LogP contribution is -1.98. The van der Waals surface area contributed by atoms with E-state index in [2.05, 4.69) is 59.4 Å². The molecule has 0 fully saturated rings. The van der Waals surface area contributed by atoms with Gasteiger partial charge in [-0.1, -0.05) is 48.5 Å². The van der Waals surface area contributed by atoms with Crippen molar-refractivity contribution in [3.63, 3.8) is 0 Å². The SMILES string of the molecule is Cc1nc(C)c(C)c(-c2ccc(-c3cc(-c4ccc(O)cc4)cc(-c4ccc(O)cc4)c3)cc2)n1. The van der Waals surface area contributed by atoms with Crippen LogP contribution in [0, 0.1) is 20.8 Å². The summed E-state index contributed by atoms with van der Waals surface area (Å²) < 4.78 is 0. The number of aromatic hydroxyl groups is 2. The molecule has 0 unspecified atom stereocenters. The zero-order valence-corrected chi connectivity index (χ0v) is 19.9. The molecule has 1 heterocycles. The zero-order chi connectivity index (χ0) is 24.5. The van der Waals surface area contributed by atoms with E-state index in [1.807, 2.05) is 38.1 Å². The van der Waals surface area contributed by atoms with Crippen molar-refractivity contribution in [2.45, 2.75) is 20.8 Å². The third kappa shape index (κ3) is 4.64. The molecule has 5 rings (SSSR count). The van der Waals surface area contributed by atoms with Gasteiger partial charge in [-0.05, 0) is 102 Å². The quantitative estimate of drug-likeness (QED) is 0.293. The van der Waals surface area contributed by atoms with Gasteiger partial charge in [0.1, 0.15) is 17.3 Å². The first-order valence-electron chi connectivity index (χ1n) is 11.5. The van der Waals surface area contributed by atoms with Gasteiger partial charge in [0.2, 0.25) is 0 Å². The van der Waals surface area contributed by atoms with Crippen LogP contribution in [-0.2, 0) is 0 Å². The number of aryl methyl sites for hydroxylation is 2. The highest BCUT2D eigenvalue weighted by molar-refractivity contribution is 5.82. The van der Waals surface area contributed by atoms with E-state index in [-0.39, 0.29) is 11.5 Å². The zero-order valence-electron chi connectivity index (χ0n) is 19.9. The number of rotatable bonds is 4. The molecule has 172 valence electrons. The Bertz CT molecular complexity index is 1440. The molecule has 0 amide bonds. The highest BCUT2D eigenvalue weighted by Gasteiger charge is 2.11. The third-order valence-corrected chi connectivity index (χ3v) is 6.33. The van der Waals surface area contributed by atoms with Crippen LogP contribution >= 0.6 is 0 Å². The van der Waals surface area contributed by atoms with E-state index in [1.54, 1.807) is 24.3 Å². The topological polar surface area (TPSA) is 66.2 Å². The number of phenolic OH excluding ortho intramolecular Hbond substituents is 2. The van der Waals surface area contributed by atoms with Crippen molar-refractivity contribution in [3.05, 3.63) is 108 Å². The van der Waals surface area contributed by atoms with Gasteiger partial charge in [-0.3, -0.25) is 0 Å². The van der Waals surface area contributed by atoms with Gasteiger partial charge in [0.05, 0.1) is 5.69 Å². The summed E-state index contributed by atoms with van der Waals surface area (Å²) >= 11 is 0. The molecule has 0 spiro atoms. The fourth-order valence-electron chi connectivity index (χ4n) is 4.31. The fourth-order valence-corrected chi connectivity index (χ4v) is 4.31. The van der Waals surface area contributed by atoms with E-state index in [4.69, 9.17) is 0 Å². The summed E-state index contributed by atoms with van der Waals surface area (Å²) in [5, 5.41) is 19.5. The molecule has 4 nitrogen and oxygen atoms in total. The summed E-state index contributed by atoms with van der Waals surface area (Å²) in [6, 6.07) is 29.4. The Labute approximate surface area is 205 Å². The first kappa shape index (κ1) is 22.4. The summed E-state index contributed by atoms with van der Waals surface area (Å²) in [5.74, 6) is 1.25. The maximum atomic E-state index is 9.74. The van der Waals surface area contributed by atoms with E-state index in [1.165, 1.54) is 0 Å². The number of phenols is 2. The van der Waals surface area contributed by atoms with Gasteiger partial charge in [0.15, 0.2) is 0 Å². The molecule has 0 bridgehead atoms. The monoisotopic (exact) mass is 458 g/mol. The first-order valence-corrected chi connectivity index (χ1v) is 11.5. The second-order valence-electron chi connectivity index (χ2n) is 8.80. The van der Waals surface area contributed by atoms with Crippen LogP contribution in [0.25, 0.3) is 44.6 Å². The van der Waals surface area contributed by atoms with Crippen LogP contribution in [0.2, 0.25) is 0 Å². The van der Waals surface area contributed by atoms with E-state index < -0.39 is 0 Å². The smallest absolute Gasteiger partial charge is 0.126 e. The molecule has 0 aliphatic heterocycles. The van der Waals surface area contributed by atoms with Crippen molar-refractivity contribution in [1.29, 1.82) is 0 Å². The Morgan fingerprint density at radius 2 is 0.829 bits per heavy atom. The third-order valence-electron chi connectivity index (χ3n) is 6.33. The maximum Gasteiger partial charge on any atom is 0.126 e. The molecule has 4 heteroatoms. The van der Waals surface area contributed by atoms with Crippen LogP contribution < -0.4 is 0 Å². The van der Waals surface area contributed by atoms with Crippen LogP contribution in [0.15, 0.2) is 91.0 Å². The molecule has 1 aromatic heterocycles. The second-order valence-corrected chi connectivity index (χ2v) is 8.80. The molecular formula is C31H26N2O2. The van der Waals surface area contributed by atoms with Crippen molar-refractivity contribution in [1.82, 2.24) is 9.97 Å². The van der Waals surface area contributed by atoms with Crippen LogP contribution in [0.1, 0.15) is 17.1 Å². The lowest BCUT2D eigenvalue weighted by Gasteiger charge is -2.13. The second kappa shape index (κ2) is 9.07. The minimum atomic E-state index is 0.240. The van der Waals surface area contributed by atoms with Gasteiger partial charge in [0, 0.05) is 11.3 Å².